The number of ether oxygens (including phenoxy) is 6. The molecule has 12 nitrogen and oxygen atoms in total. The minimum atomic E-state index is -0.983. The first kappa shape index (κ1) is 37.4. The number of aliphatic hydroxyl groups is 5. The molecule has 0 saturated heterocycles. The van der Waals surface area contributed by atoms with Gasteiger partial charge < -0.3 is 58.9 Å². The Kier molecular flexibility index (Phi) is 23.3. The minimum absolute atomic E-state index is 0.00992. The third-order valence-electron chi connectivity index (χ3n) is 6.34. The highest BCUT2D eigenvalue weighted by molar-refractivity contribution is 4.96. The van der Waals surface area contributed by atoms with E-state index in [1.165, 1.54) is 12.5 Å². The quantitative estimate of drug-likeness (QED) is 0.0280. The molecule has 0 rings (SSSR count). The van der Waals surface area contributed by atoms with Crippen molar-refractivity contribution in [3.05, 3.63) is 38.3 Å². The predicted octanol–water partition coefficient (Wildman–Crippen LogP) is -1.17. The SMILES string of the molecule is C=COCOCCC(O)COCC(CC)(COCC(O)C[NH+](CCO)CCO)C(O)C(C=C)COCOC=C. The standard InChI is InChI=1S/C27H51NO11/c1-5-23(16-39-22-35-8-4)26(33)27(6-2,19-37-17-24(31)9-14-36-21-34-7-3)20-38-18-25(32)15-28(10-12-29)11-13-30/h5,7-8,23-26,29-33H,1,3-4,6,9-22H2,2H3/p+1. The van der Waals surface area contributed by atoms with Crippen LogP contribution in [0.5, 0.6) is 0 Å². The predicted molar refractivity (Wildman–Crippen MR) is 145 cm³/mol. The molecule has 0 aromatic heterocycles. The number of hydrogen-bond donors (Lipinski definition) is 6. The second-order valence-corrected chi connectivity index (χ2v) is 9.27. The van der Waals surface area contributed by atoms with E-state index in [0.29, 0.717) is 25.9 Å². The average Bonchev–Trinajstić information content (AvgIpc) is 2.92. The van der Waals surface area contributed by atoms with E-state index in [-0.39, 0.29) is 73.0 Å². The van der Waals surface area contributed by atoms with E-state index in [0.717, 1.165) is 4.90 Å². The number of aliphatic hydroxyl groups excluding tert-OH is 5. The lowest BCUT2D eigenvalue weighted by molar-refractivity contribution is -0.904. The molecule has 0 radical (unpaired) electrons. The minimum Gasteiger partial charge on any atom is -0.476 e. The molecule has 0 heterocycles. The van der Waals surface area contributed by atoms with Gasteiger partial charge in [-0.2, -0.15) is 0 Å². The van der Waals surface area contributed by atoms with Gasteiger partial charge in [0.15, 0.2) is 13.6 Å². The summed E-state index contributed by atoms with van der Waals surface area (Å²) in [6.07, 6.45) is 2.31. The Labute approximate surface area is 233 Å². The summed E-state index contributed by atoms with van der Waals surface area (Å²) in [6, 6.07) is 0. The third-order valence-corrected chi connectivity index (χ3v) is 6.34. The summed E-state index contributed by atoms with van der Waals surface area (Å²) in [5.74, 6) is -0.479. The Morgan fingerprint density at radius 2 is 1.36 bits per heavy atom. The van der Waals surface area contributed by atoms with Crippen LogP contribution >= 0.6 is 0 Å². The van der Waals surface area contributed by atoms with Crippen LogP contribution in [0.3, 0.4) is 0 Å². The molecule has 0 amide bonds. The Bertz CT molecular complexity index is 606. The summed E-state index contributed by atoms with van der Waals surface area (Å²) in [7, 11) is 0. The maximum atomic E-state index is 11.4. The van der Waals surface area contributed by atoms with Gasteiger partial charge in [-0.3, -0.25) is 0 Å². The molecule has 5 unspecified atom stereocenters. The smallest absolute Gasteiger partial charge is 0.188 e. The van der Waals surface area contributed by atoms with E-state index in [4.69, 9.17) is 28.4 Å². The van der Waals surface area contributed by atoms with Crippen LogP contribution in [0.1, 0.15) is 19.8 Å². The second kappa shape index (κ2) is 24.2. The molecule has 0 aromatic carbocycles. The highest BCUT2D eigenvalue weighted by Crippen LogP contribution is 2.33. The van der Waals surface area contributed by atoms with Gasteiger partial charge >= 0.3 is 0 Å². The fourth-order valence-electron chi connectivity index (χ4n) is 3.94. The van der Waals surface area contributed by atoms with Crippen LogP contribution in [0, 0.1) is 11.3 Å². The van der Waals surface area contributed by atoms with Gasteiger partial charge in [0.05, 0.1) is 77.6 Å². The zero-order chi connectivity index (χ0) is 29.4. The summed E-state index contributed by atoms with van der Waals surface area (Å²) in [6.45, 7) is 14.1. The zero-order valence-electron chi connectivity index (χ0n) is 23.5. The van der Waals surface area contributed by atoms with Crippen LogP contribution in [0.2, 0.25) is 0 Å². The molecule has 6 N–H and O–H groups in total. The highest BCUT2D eigenvalue weighted by atomic mass is 16.7. The van der Waals surface area contributed by atoms with Crippen LogP contribution in [0.4, 0.5) is 0 Å². The fourth-order valence-corrected chi connectivity index (χ4v) is 3.94. The first-order valence-electron chi connectivity index (χ1n) is 13.3. The fraction of sp³-hybridized carbons (Fsp3) is 0.778. The van der Waals surface area contributed by atoms with Crippen LogP contribution < -0.4 is 4.90 Å². The molecule has 0 aliphatic carbocycles. The van der Waals surface area contributed by atoms with Gasteiger partial charge in [-0.1, -0.05) is 26.2 Å². The van der Waals surface area contributed by atoms with Crippen molar-refractivity contribution in [3.8, 4) is 0 Å². The lowest BCUT2D eigenvalue weighted by atomic mass is 9.75. The Balaban J connectivity index is 5.23. The number of quaternary nitrogens is 1. The number of hydrogen-bond acceptors (Lipinski definition) is 11. The van der Waals surface area contributed by atoms with Crippen molar-refractivity contribution in [2.75, 3.05) is 86.1 Å². The van der Waals surface area contributed by atoms with E-state index in [2.05, 4.69) is 19.7 Å². The third kappa shape index (κ3) is 17.0. The number of rotatable bonds is 29. The van der Waals surface area contributed by atoms with Crippen molar-refractivity contribution in [1.82, 2.24) is 0 Å². The lowest BCUT2D eigenvalue weighted by Crippen LogP contribution is -3.14. The van der Waals surface area contributed by atoms with E-state index in [9.17, 15) is 25.5 Å². The molecule has 0 bridgehead atoms. The molecule has 0 aromatic rings. The molecule has 39 heavy (non-hydrogen) atoms. The molecular formula is C27H52NO11+. The van der Waals surface area contributed by atoms with Crippen LogP contribution in [0.15, 0.2) is 38.3 Å². The first-order valence-corrected chi connectivity index (χ1v) is 13.3. The number of nitrogens with one attached hydrogen (secondary N) is 1. The van der Waals surface area contributed by atoms with E-state index >= 15 is 0 Å². The normalized spacial score (nSPS) is 16.2. The Hall–Kier alpha value is -1.58. The summed E-state index contributed by atoms with van der Waals surface area (Å²) >= 11 is 0. The maximum Gasteiger partial charge on any atom is 0.188 e. The molecule has 0 aliphatic heterocycles. The summed E-state index contributed by atoms with van der Waals surface area (Å²) in [5.41, 5.74) is -0.905. The molecule has 0 saturated carbocycles. The van der Waals surface area contributed by atoms with Gasteiger partial charge in [-0.05, 0) is 12.8 Å². The molecule has 12 heteroatoms. The van der Waals surface area contributed by atoms with Crippen LogP contribution in [0.25, 0.3) is 0 Å². The van der Waals surface area contributed by atoms with Crippen molar-refractivity contribution < 1.29 is 58.9 Å². The van der Waals surface area contributed by atoms with Crippen molar-refractivity contribution in [2.24, 2.45) is 11.3 Å². The van der Waals surface area contributed by atoms with Gasteiger partial charge in [-0.25, -0.2) is 0 Å². The van der Waals surface area contributed by atoms with Gasteiger partial charge in [0, 0.05) is 11.3 Å². The molecule has 0 fully saturated rings. The molecule has 5 atom stereocenters. The largest absolute Gasteiger partial charge is 0.476 e. The van der Waals surface area contributed by atoms with Gasteiger partial charge in [0.1, 0.15) is 25.7 Å². The summed E-state index contributed by atoms with van der Waals surface area (Å²) < 4.78 is 32.3. The van der Waals surface area contributed by atoms with Crippen molar-refractivity contribution in [1.29, 1.82) is 0 Å². The van der Waals surface area contributed by atoms with E-state index < -0.39 is 29.6 Å². The van der Waals surface area contributed by atoms with Crippen LogP contribution in [-0.2, 0) is 28.4 Å². The second-order valence-electron chi connectivity index (χ2n) is 9.27. The average molecular weight is 567 g/mol. The van der Waals surface area contributed by atoms with Crippen LogP contribution in [-0.4, -0.2) is 130 Å². The maximum absolute atomic E-state index is 11.4. The van der Waals surface area contributed by atoms with Gasteiger partial charge in [-0.15, -0.1) is 6.58 Å². The topological polar surface area (TPSA) is 161 Å². The van der Waals surface area contributed by atoms with Crippen molar-refractivity contribution in [3.63, 3.8) is 0 Å². The van der Waals surface area contributed by atoms with Gasteiger partial charge in [0.2, 0.25) is 0 Å². The summed E-state index contributed by atoms with van der Waals surface area (Å²) in [5, 5.41) is 50.6. The first-order chi connectivity index (χ1) is 18.8. The molecule has 230 valence electrons. The highest BCUT2D eigenvalue weighted by Gasteiger charge is 2.41. The Morgan fingerprint density at radius 1 is 0.795 bits per heavy atom. The molecular weight excluding hydrogens is 514 g/mol. The molecule has 0 spiro atoms. The van der Waals surface area contributed by atoms with E-state index in [1.54, 1.807) is 6.08 Å². The summed E-state index contributed by atoms with van der Waals surface area (Å²) in [4.78, 5) is 0.848. The lowest BCUT2D eigenvalue weighted by Gasteiger charge is -2.40. The van der Waals surface area contributed by atoms with E-state index in [1.807, 2.05) is 6.92 Å². The molecule has 0 aliphatic rings. The van der Waals surface area contributed by atoms with Crippen molar-refractivity contribution >= 4 is 0 Å². The van der Waals surface area contributed by atoms with Crippen molar-refractivity contribution in [2.45, 2.75) is 38.1 Å². The Morgan fingerprint density at radius 3 is 1.87 bits per heavy atom. The monoisotopic (exact) mass is 566 g/mol. The van der Waals surface area contributed by atoms with Gasteiger partial charge in [0.25, 0.3) is 0 Å². The zero-order valence-corrected chi connectivity index (χ0v) is 23.5.